The number of hydrogen-bond acceptors (Lipinski definition) is 7. The predicted molar refractivity (Wildman–Crippen MR) is 94.0 cm³/mol. The van der Waals surface area contributed by atoms with Gasteiger partial charge in [0.05, 0.1) is 5.69 Å². The number of carbonyl (C=O) groups excluding carboxylic acids is 1. The maximum Gasteiger partial charge on any atom is 0.251 e. The van der Waals surface area contributed by atoms with E-state index in [1.165, 1.54) is 0 Å². The quantitative estimate of drug-likeness (QED) is 0.662. The average Bonchev–Trinajstić information content (AvgIpc) is 3.23. The maximum atomic E-state index is 12.6. The van der Waals surface area contributed by atoms with Gasteiger partial charge in [-0.3, -0.25) is 4.79 Å². The molecule has 1 amide bonds. The number of nitrogens with zero attached hydrogens (tertiary/aromatic N) is 7. The van der Waals surface area contributed by atoms with Crippen molar-refractivity contribution in [2.45, 2.75) is 38.3 Å². The van der Waals surface area contributed by atoms with Crippen LogP contribution in [0.4, 0.5) is 0 Å². The molecule has 1 fully saturated rings. The van der Waals surface area contributed by atoms with E-state index in [0.717, 1.165) is 24.4 Å². The fraction of sp³-hybridized carbons (Fsp3) is 0.412. The molecule has 2 N–H and O–H groups in total. The first-order valence-corrected chi connectivity index (χ1v) is 8.72. The molecule has 140 valence electrons. The van der Waals surface area contributed by atoms with Crippen LogP contribution >= 0.6 is 0 Å². The fourth-order valence-corrected chi connectivity index (χ4v) is 3.33. The van der Waals surface area contributed by atoms with Crippen LogP contribution in [0.1, 0.15) is 46.6 Å². The monoisotopic (exact) mass is 368 g/mol. The van der Waals surface area contributed by atoms with E-state index in [2.05, 4.69) is 31.0 Å². The van der Waals surface area contributed by atoms with Gasteiger partial charge in [-0.05, 0) is 48.4 Å². The van der Waals surface area contributed by atoms with Crippen LogP contribution < -0.4 is 5.32 Å². The van der Waals surface area contributed by atoms with Crippen molar-refractivity contribution in [3.8, 4) is 5.69 Å². The van der Waals surface area contributed by atoms with Gasteiger partial charge in [0.1, 0.15) is 12.4 Å². The van der Waals surface area contributed by atoms with Gasteiger partial charge in [0.25, 0.3) is 5.91 Å². The van der Waals surface area contributed by atoms with Gasteiger partial charge < -0.3 is 15.0 Å². The van der Waals surface area contributed by atoms with Gasteiger partial charge in [0.15, 0.2) is 11.6 Å². The van der Waals surface area contributed by atoms with Crippen LogP contribution in [0.3, 0.4) is 0 Å². The first kappa shape index (κ1) is 17.3. The van der Waals surface area contributed by atoms with Crippen molar-refractivity contribution >= 4 is 5.91 Å². The van der Waals surface area contributed by atoms with Crippen molar-refractivity contribution in [2.24, 2.45) is 7.05 Å². The molecular weight excluding hydrogens is 348 g/mol. The first-order valence-electron chi connectivity index (χ1n) is 8.72. The van der Waals surface area contributed by atoms with E-state index in [4.69, 9.17) is 0 Å². The summed E-state index contributed by atoms with van der Waals surface area (Å²) in [5.41, 5.74) is 1.30. The van der Waals surface area contributed by atoms with Gasteiger partial charge in [-0.1, -0.05) is 6.07 Å². The lowest BCUT2D eigenvalue weighted by molar-refractivity contribution is 0.0907. The summed E-state index contributed by atoms with van der Waals surface area (Å²) in [5, 5.41) is 31.8. The molecular formula is C17H20N8O2. The lowest BCUT2D eigenvalue weighted by atomic mass is 9.79. The van der Waals surface area contributed by atoms with Crippen molar-refractivity contribution < 1.29 is 9.90 Å². The Morgan fingerprint density at radius 3 is 2.78 bits per heavy atom. The van der Waals surface area contributed by atoms with E-state index >= 15 is 0 Å². The average molecular weight is 368 g/mol. The number of tetrazole rings is 1. The van der Waals surface area contributed by atoms with E-state index < -0.39 is 0 Å². The Kier molecular flexibility index (Phi) is 4.40. The van der Waals surface area contributed by atoms with Crippen LogP contribution in [-0.4, -0.2) is 52.0 Å². The smallest absolute Gasteiger partial charge is 0.251 e. The number of nitrogens with one attached hydrogen (secondary N) is 1. The molecule has 0 bridgehead atoms. The van der Waals surface area contributed by atoms with Crippen LogP contribution in [0.5, 0.6) is 0 Å². The third kappa shape index (κ3) is 3.19. The molecule has 0 unspecified atom stereocenters. The number of rotatable bonds is 5. The zero-order valence-corrected chi connectivity index (χ0v) is 15.1. The Morgan fingerprint density at radius 2 is 2.11 bits per heavy atom. The van der Waals surface area contributed by atoms with E-state index in [1.807, 2.05) is 23.7 Å². The minimum absolute atomic E-state index is 0.0928. The summed E-state index contributed by atoms with van der Waals surface area (Å²) in [6, 6.07) is 7.29. The van der Waals surface area contributed by atoms with Crippen LogP contribution in [0.15, 0.2) is 24.3 Å². The summed E-state index contributed by atoms with van der Waals surface area (Å²) in [4.78, 5) is 12.6. The molecule has 1 aliphatic rings. The molecule has 0 radical (unpaired) electrons. The Labute approximate surface area is 155 Å². The second kappa shape index (κ2) is 6.88. The van der Waals surface area contributed by atoms with Crippen LogP contribution in [0, 0.1) is 6.92 Å². The number of benzene rings is 1. The SMILES string of the molecule is Cc1nnnn1-c1cccc(C(=O)NC2CC(c3nnc(CO)n3C)C2)c1. The van der Waals surface area contributed by atoms with Crippen molar-refractivity contribution in [2.75, 3.05) is 0 Å². The first-order chi connectivity index (χ1) is 13.1. The van der Waals surface area contributed by atoms with Gasteiger partial charge in [-0.15, -0.1) is 15.3 Å². The molecule has 2 aromatic heterocycles. The zero-order chi connectivity index (χ0) is 19.0. The van der Waals surface area contributed by atoms with Crippen molar-refractivity contribution in [3.63, 3.8) is 0 Å². The predicted octanol–water partition coefficient (Wildman–Crippen LogP) is 0.268. The highest BCUT2D eigenvalue weighted by Crippen LogP contribution is 2.36. The van der Waals surface area contributed by atoms with E-state index in [9.17, 15) is 9.90 Å². The van der Waals surface area contributed by atoms with Crippen molar-refractivity contribution in [1.82, 2.24) is 40.3 Å². The molecule has 1 saturated carbocycles. The van der Waals surface area contributed by atoms with Crippen LogP contribution in [0.2, 0.25) is 0 Å². The van der Waals surface area contributed by atoms with Crippen molar-refractivity contribution in [1.29, 1.82) is 0 Å². The number of aromatic nitrogens is 7. The summed E-state index contributed by atoms with van der Waals surface area (Å²) in [7, 11) is 1.85. The molecule has 27 heavy (non-hydrogen) atoms. The Balaban J connectivity index is 1.39. The largest absolute Gasteiger partial charge is 0.388 e. The second-order valence-electron chi connectivity index (χ2n) is 6.72. The highest BCUT2D eigenvalue weighted by molar-refractivity contribution is 5.95. The van der Waals surface area contributed by atoms with Gasteiger partial charge in [-0.25, -0.2) is 0 Å². The minimum atomic E-state index is -0.131. The summed E-state index contributed by atoms with van der Waals surface area (Å²) < 4.78 is 3.41. The molecule has 4 rings (SSSR count). The molecule has 3 aromatic rings. The summed E-state index contributed by atoms with van der Waals surface area (Å²) in [5.74, 6) is 2.16. The lowest BCUT2D eigenvalue weighted by Gasteiger charge is -2.35. The second-order valence-corrected chi connectivity index (χ2v) is 6.72. The molecule has 0 atom stereocenters. The number of aliphatic hydroxyl groups is 1. The maximum absolute atomic E-state index is 12.6. The normalized spacial score (nSPS) is 18.9. The molecule has 1 aliphatic carbocycles. The molecule has 10 heteroatoms. The Hall–Kier alpha value is -3.14. The van der Waals surface area contributed by atoms with E-state index in [1.54, 1.807) is 23.7 Å². The number of amides is 1. The third-order valence-electron chi connectivity index (χ3n) is 4.96. The molecule has 0 spiro atoms. The molecule has 10 nitrogen and oxygen atoms in total. The van der Waals surface area contributed by atoms with Gasteiger partial charge in [0, 0.05) is 24.6 Å². The minimum Gasteiger partial charge on any atom is -0.388 e. The zero-order valence-electron chi connectivity index (χ0n) is 15.1. The topological polar surface area (TPSA) is 124 Å². The fourth-order valence-electron chi connectivity index (χ4n) is 3.33. The summed E-state index contributed by atoms with van der Waals surface area (Å²) in [6.45, 7) is 1.67. The van der Waals surface area contributed by atoms with Crippen LogP contribution in [0.25, 0.3) is 5.69 Å². The van der Waals surface area contributed by atoms with Gasteiger partial charge in [-0.2, -0.15) is 4.68 Å². The highest BCUT2D eigenvalue weighted by atomic mass is 16.3. The lowest BCUT2D eigenvalue weighted by Crippen LogP contribution is -2.44. The molecule has 2 heterocycles. The van der Waals surface area contributed by atoms with Gasteiger partial charge in [0.2, 0.25) is 0 Å². The highest BCUT2D eigenvalue weighted by Gasteiger charge is 2.35. The number of aryl methyl sites for hydroxylation is 1. The number of aliphatic hydroxyl groups excluding tert-OH is 1. The van der Waals surface area contributed by atoms with Crippen molar-refractivity contribution in [3.05, 3.63) is 47.3 Å². The summed E-state index contributed by atoms with van der Waals surface area (Å²) in [6.07, 6.45) is 1.60. The third-order valence-corrected chi connectivity index (χ3v) is 4.96. The number of hydrogen-bond donors (Lipinski definition) is 2. The molecule has 0 saturated heterocycles. The number of carbonyl (C=O) groups is 1. The standard InChI is InChI=1S/C17H20N8O2/c1-10-19-22-23-25(10)14-5-3-4-11(8-14)17(27)18-13-6-12(7-13)16-21-20-15(9-26)24(16)2/h3-5,8,12-13,26H,6-7,9H2,1-2H3,(H,18,27). The Morgan fingerprint density at radius 1 is 1.30 bits per heavy atom. The van der Waals surface area contributed by atoms with E-state index in [0.29, 0.717) is 17.2 Å². The van der Waals surface area contributed by atoms with Crippen LogP contribution in [-0.2, 0) is 13.7 Å². The molecule has 0 aliphatic heterocycles. The summed E-state index contributed by atoms with van der Waals surface area (Å²) >= 11 is 0. The Bertz CT molecular complexity index is 973. The molecule has 1 aromatic carbocycles. The van der Waals surface area contributed by atoms with E-state index in [-0.39, 0.29) is 24.5 Å². The van der Waals surface area contributed by atoms with Gasteiger partial charge >= 0.3 is 0 Å².